The minimum atomic E-state index is 0.814. The first-order chi connectivity index (χ1) is 21.8. The van der Waals surface area contributed by atoms with Gasteiger partial charge >= 0.3 is 0 Å². The van der Waals surface area contributed by atoms with Crippen molar-refractivity contribution in [3.63, 3.8) is 0 Å². The fourth-order valence-corrected chi connectivity index (χ4v) is 6.30. The van der Waals surface area contributed by atoms with Gasteiger partial charge in [-0.25, -0.2) is 9.97 Å². The molecule has 0 aliphatic rings. The van der Waals surface area contributed by atoms with Gasteiger partial charge in [-0.05, 0) is 36.4 Å². The molecule has 0 unspecified atom stereocenters. The Morgan fingerprint density at radius 1 is 0.364 bits per heavy atom. The zero-order valence-corrected chi connectivity index (χ0v) is 23.5. The van der Waals surface area contributed by atoms with Crippen LogP contribution in [0.2, 0.25) is 0 Å². The maximum Gasteiger partial charge on any atom is 0.138 e. The van der Waals surface area contributed by atoms with Crippen molar-refractivity contribution >= 4 is 43.9 Å². The Bertz CT molecular complexity index is 2320. The number of aromatic nitrogens is 6. The van der Waals surface area contributed by atoms with Crippen LogP contribution in [0, 0.1) is 0 Å². The van der Waals surface area contributed by atoms with Crippen LogP contribution in [-0.2, 0) is 0 Å². The number of para-hydroxylation sites is 2. The molecule has 5 aromatic heterocycles. The van der Waals surface area contributed by atoms with Crippen molar-refractivity contribution in [1.29, 1.82) is 0 Å². The molecule has 44 heavy (non-hydrogen) atoms. The number of pyridine rings is 2. The van der Waals surface area contributed by atoms with Crippen molar-refractivity contribution in [3.05, 3.63) is 146 Å². The Morgan fingerprint density at radius 3 is 1.23 bits per heavy atom. The van der Waals surface area contributed by atoms with Crippen molar-refractivity contribution in [2.75, 3.05) is 0 Å². The van der Waals surface area contributed by atoms with Crippen LogP contribution in [0.1, 0.15) is 0 Å². The molecule has 206 valence electrons. The molecule has 0 bridgehead atoms. The lowest BCUT2D eigenvalue weighted by Gasteiger charge is -2.12. The highest BCUT2D eigenvalue weighted by molar-refractivity contribution is 6.20. The van der Waals surface area contributed by atoms with Gasteiger partial charge in [0.2, 0.25) is 0 Å². The lowest BCUT2D eigenvalue weighted by atomic mass is 10.1. The van der Waals surface area contributed by atoms with Crippen molar-refractivity contribution < 1.29 is 0 Å². The largest absolute Gasteiger partial charge is 0.290 e. The van der Waals surface area contributed by atoms with E-state index in [4.69, 9.17) is 20.2 Å². The third kappa shape index (κ3) is 3.68. The molecule has 0 spiro atoms. The molecule has 0 saturated carbocycles. The lowest BCUT2D eigenvalue weighted by molar-refractivity contribution is 1.05. The van der Waals surface area contributed by atoms with Crippen molar-refractivity contribution in [1.82, 2.24) is 29.3 Å². The predicted molar refractivity (Wildman–Crippen MR) is 177 cm³/mol. The van der Waals surface area contributed by atoms with Crippen molar-refractivity contribution in [3.8, 4) is 34.2 Å². The monoisotopic (exact) mass is 564 g/mol. The number of rotatable bonds is 4. The zero-order chi connectivity index (χ0) is 29.0. The Hall–Kier alpha value is -6.14. The maximum absolute atomic E-state index is 5.19. The highest BCUT2D eigenvalue weighted by Gasteiger charge is 2.24. The third-order valence-corrected chi connectivity index (χ3v) is 8.24. The van der Waals surface area contributed by atoms with Crippen LogP contribution in [0.5, 0.6) is 0 Å². The summed E-state index contributed by atoms with van der Waals surface area (Å²) in [5, 5.41) is 11.7. The summed E-state index contributed by atoms with van der Waals surface area (Å²) in [7, 11) is 0. The van der Waals surface area contributed by atoms with Crippen LogP contribution < -0.4 is 0 Å². The zero-order valence-electron chi connectivity index (χ0n) is 23.5. The highest BCUT2D eigenvalue weighted by Crippen LogP contribution is 2.39. The average molecular weight is 565 g/mol. The van der Waals surface area contributed by atoms with E-state index in [1.165, 1.54) is 0 Å². The van der Waals surface area contributed by atoms with Crippen molar-refractivity contribution in [2.45, 2.75) is 0 Å². The van der Waals surface area contributed by atoms with Crippen LogP contribution in [0.25, 0.3) is 78.0 Å². The quantitative estimate of drug-likeness (QED) is 0.214. The van der Waals surface area contributed by atoms with Crippen LogP contribution >= 0.6 is 0 Å². The lowest BCUT2D eigenvalue weighted by Crippen LogP contribution is -2.03. The Morgan fingerprint density at radius 2 is 0.773 bits per heavy atom. The standard InChI is InChI=1S/C38H24N6/c1-3-13-25(14-4-1)29-19-11-23-33(39-29)43-31-21-9-7-17-27(31)35-37(43)38-36(42-41-35)28-18-8-10-22-32(28)44(38)34-24-12-20-30(40-34)26-15-5-2-6-16-26/h1-24H. The molecule has 0 saturated heterocycles. The average Bonchev–Trinajstić information content (AvgIpc) is 3.62. The van der Waals surface area contributed by atoms with E-state index in [1.54, 1.807) is 0 Å². The normalized spacial score (nSPS) is 11.6. The van der Waals surface area contributed by atoms with E-state index in [1.807, 2.05) is 48.5 Å². The molecule has 0 aliphatic heterocycles. The predicted octanol–water partition coefficient (Wildman–Crippen LogP) is 8.79. The van der Waals surface area contributed by atoms with E-state index in [9.17, 15) is 0 Å². The van der Waals surface area contributed by atoms with Gasteiger partial charge in [0.1, 0.15) is 33.7 Å². The van der Waals surface area contributed by atoms with Crippen LogP contribution in [0.15, 0.2) is 146 Å². The van der Waals surface area contributed by atoms with Gasteiger partial charge in [0.15, 0.2) is 0 Å². The van der Waals surface area contributed by atoms with Crippen LogP contribution in [0.3, 0.4) is 0 Å². The molecule has 0 fully saturated rings. The molecule has 0 aliphatic carbocycles. The van der Waals surface area contributed by atoms with E-state index >= 15 is 0 Å². The molecule has 4 aromatic carbocycles. The first kappa shape index (κ1) is 24.5. The summed E-state index contributed by atoms with van der Waals surface area (Å²) >= 11 is 0. The summed E-state index contributed by atoms with van der Waals surface area (Å²) in [5.41, 5.74) is 9.51. The fourth-order valence-electron chi connectivity index (χ4n) is 6.30. The van der Waals surface area contributed by atoms with Crippen LogP contribution in [0.4, 0.5) is 0 Å². The third-order valence-electron chi connectivity index (χ3n) is 8.24. The molecule has 0 radical (unpaired) electrons. The van der Waals surface area contributed by atoms with Gasteiger partial charge in [-0.2, -0.15) is 0 Å². The van der Waals surface area contributed by atoms with Gasteiger partial charge in [0.05, 0.1) is 22.4 Å². The van der Waals surface area contributed by atoms with E-state index in [0.29, 0.717) is 0 Å². The number of hydrogen-bond acceptors (Lipinski definition) is 4. The molecule has 5 heterocycles. The van der Waals surface area contributed by atoms with E-state index in [-0.39, 0.29) is 0 Å². The molecular weight excluding hydrogens is 540 g/mol. The van der Waals surface area contributed by atoms with Gasteiger partial charge in [0.25, 0.3) is 0 Å². The number of hydrogen-bond donors (Lipinski definition) is 0. The Balaban J connectivity index is 1.42. The number of fused-ring (bicyclic) bond motifs is 7. The summed E-state index contributed by atoms with van der Waals surface area (Å²) in [6, 6.07) is 49.6. The molecule has 0 N–H and O–H groups in total. The molecule has 9 rings (SSSR count). The summed E-state index contributed by atoms with van der Waals surface area (Å²) in [4.78, 5) is 10.4. The van der Waals surface area contributed by atoms with Crippen molar-refractivity contribution in [2.24, 2.45) is 0 Å². The summed E-state index contributed by atoms with van der Waals surface area (Å²) in [6.07, 6.45) is 0. The Labute approximate surface area is 252 Å². The van der Waals surface area contributed by atoms with E-state index in [0.717, 1.165) is 78.0 Å². The molecule has 6 heteroatoms. The van der Waals surface area contributed by atoms with Gasteiger partial charge in [-0.3, -0.25) is 9.13 Å². The van der Waals surface area contributed by atoms with Gasteiger partial charge in [-0.15, -0.1) is 10.2 Å². The molecular formula is C38H24N6. The molecule has 0 amide bonds. The summed E-state index contributed by atoms with van der Waals surface area (Å²) < 4.78 is 4.45. The summed E-state index contributed by atoms with van der Waals surface area (Å²) in [5.74, 6) is 1.63. The minimum Gasteiger partial charge on any atom is -0.290 e. The second-order valence-electron chi connectivity index (χ2n) is 10.8. The second-order valence-corrected chi connectivity index (χ2v) is 10.8. The summed E-state index contributed by atoms with van der Waals surface area (Å²) in [6.45, 7) is 0. The molecule has 0 atom stereocenters. The highest BCUT2D eigenvalue weighted by atomic mass is 15.2. The SMILES string of the molecule is c1ccc(-c2cccc(-n3c4ccccc4c4nnc5c6ccccc6n(-c6cccc(-c7ccccc7)n6)c5c43)n2)cc1. The Kier molecular flexibility index (Phi) is 5.40. The second kappa shape index (κ2) is 9.71. The van der Waals surface area contributed by atoms with Gasteiger partial charge < -0.3 is 0 Å². The van der Waals surface area contributed by atoms with Gasteiger partial charge in [-0.1, -0.05) is 109 Å². The van der Waals surface area contributed by atoms with Crippen LogP contribution in [-0.4, -0.2) is 29.3 Å². The maximum atomic E-state index is 5.19. The van der Waals surface area contributed by atoms with E-state index < -0.39 is 0 Å². The number of benzene rings is 4. The topological polar surface area (TPSA) is 61.4 Å². The minimum absolute atomic E-state index is 0.814. The first-order valence-electron chi connectivity index (χ1n) is 14.6. The molecule has 9 aromatic rings. The fraction of sp³-hybridized carbons (Fsp3) is 0. The molecule has 6 nitrogen and oxygen atoms in total. The number of nitrogens with zero attached hydrogens (tertiary/aromatic N) is 6. The first-order valence-corrected chi connectivity index (χ1v) is 14.6. The van der Waals surface area contributed by atoms with E-state index in [2.05, 4.69) is 106 Å². The smallest absolute Gasteiger partial charge is 0.138 e. The van der Waals surface area contributed by atoms with Gasteiger partial charge in [0, 0.05) is 21.9 Å².